The van der Waals surface area contributed by atoms with Gasteiger partial charge in [0, 0.05) is 24.2 Å². The number of fused-ring (bicyclic) bond motifs is 3. The molecule has 9 nitrogen and oxygen atoms in total. The summed E-state index contributed by atoms with van der Waals surface area (Å²) in [4.78, 5) is 19.4. The third-order valence-corrected chi connectivity index (χ3v) is 8.28. The van der Waals surface area contributed by atoms with Crippen molar-refractivity contribution >= 4 is 17.6 Å². The van der Waals surface area contributed by atoms with Crippen LogP contribution in [0.5, 0.6) is 5.88 Å². The van der Waals surface area contributed by atoms with Crippen molar-refractivity contribution in [2.24, 2.45) is 11.8 Å². The van der Waals surface area contributed by atoms with E-state index in [-0.39, 0.29) is 18.8 Å². The molecule has 2 bridgehead atoms. The Balaban J connectivity index is 1.18. The summed E-state index contributed by atoms with van der Waals surface area (Å²) in [6.45, 7) is 7.86. The van der Waals surface area contributed by atoms with Crippen LogP contribution < -0.4 is 15.4 Å². The van der Waals surface area contributed by atoms with E-state index in [9.17, 15) is 4.79 Å². The number of nitrogens with one attached hydrogen (secondary N) is 2. The first-order chi connectivity index (χ1) is 18.5. The fourth-order valence-electron chi connectivity index (χ4n) is 6.20. The average Bonchev–Trinajstić information content (AvgIpc) is 3.44. The molecule has 4 heterocycles. The van der Waals surface area contributed by atoms with Gasteiger partial charge in [0.2, 0.25) is 5.88 Å². The Morgan fingerprint density at radius 2 is 1.95 bits per heavy atom. The number of likely N-dealkylation sites (tertiary alicyclic amines) is 1. The van der Waals surface area contributed by atoms with Crippen molar-refractivity contribution in [3.8, 4) is 5.88 Å². The molecule has 3 aromatic rings. The summed E-state index contributed by atoms with van der Waals surface area (Å²) < 4.78 is 14.0. The number of nitrogens with zero attached hydrogens (tertiary/aromatic N) is 4. The molecular weight excluding hydrogens is 480 g/mol. The maximum absolute atomic E-state index is 12.8. The molecule has 1 saturated carbocycles. The number of carbonyl (C=O) groups is 1. The first-order valence-electron chi connectivity index (χ1n) is 14.0. The normalized spacial score (nSPS) is 25.1. The van der Waals surface area contributed by atoms with Gasteiger partial charge >= 0.3 is 6.09 Å². The smallest absolute Gasteiger partial charge is 0.410 e. The van der Waals surface area contributed by atoms with Crippen molar-refractivity contribution in [2.75, 3.05) is 31.5 Å². The van der Waals surface area contributed by atoms with E-state index in [0.29, 0.717) is 42.8 Å². The van der Waals surface area contributed by atoms with E-state index in [4.69, 9.17) is 19.6 Å². The van der Waals surface area contributed by atoms with Crippen molar-refractivity contribution in [1.29, 1.82) is 0 Å². The largest absolute Gasteiger partial charge is 0.472 e. The lowest BCUT2D eigenvalue weighted by Gasteiger charge is -2.33. The lowest BCUT2D eigenvalue weighted by atomic mass is 9.93. The molecule has 0 radical (unpaired) electrons. The van der Waals surface area contributed by atoms with Gasteiger partial charge in [0.15, 0.2) is 5.65 Å². The van der Waals surface area contributed by atoms with Gasteiger partial charge in [0.05, 0.1) is 12.7 Å². The van der Waals surface area contributed by atoms with Crippen LogP contribution in [0.2, 0.25) is 0 Å². The van der Waals surface area contributed by atoms with Crippen LogP contribution in [0.25, 0.3) is 5.65 Å². The number of piperidine rings is 2. The zero-order valence-electron chi connectivity index (χ0n) is 22.3. The molecular formula is C29H38N6O3. The van der Waals surface area contributed by atoms with Crippen molar-refractivity contribution in [2.45, 2.75) is 64.2 Å². The molecule has 9 heteroatoms. The van der Waals surface area contributed by atoms with Crippen LogP contribution in [0.15, 0.2) is 42.6 Å². The lowest BCUT2D eigenvalue weighted by Crippen LogP contribution is -2.46. The van der Waals surface area contributed by atoms with Gasteiger partial charge in [-0.05, 0) is 62.1 Å². The maximum atomic E-state index is 12.8. The minimum Gasteiger partial charge on any atom is -0.472 e. The predicted molar refractivity (Wildman–Crippen MR) is 145 cm³/mol. The Morgan fingerprint density at radius 1 is 1.16 bits per heavy atom. The van der Waals surface area contributed by atoms with Crippen LogP contribution in [-0.2, 0) is 11.3 Å². The van der Waals surface area contributed by atoms with E-state index in [1.54, 1.807) is 4.90 Å². The zero-order valence-corrected chi connectivity index (χ0v) is 22.3. The Bertz CT molecular complexity index is 1250. The molecule has 3 aliphatic rings. The fourth-order valence-corrected chi connectivity index (χ4v) is 6.20. The van der Waals surface area contributed by atoms with Crippen LogP contribution in [0.3, 0.4) is 0 Å². The first kappa shape index (κ1) is 25.0. The highest BCUT2D eigenvalue weighted by Crippen LogP contribution is 2.36. The molecule has 2 unspecified atom stereocenters. The fraction of sp³-hybridized carbons (Fsp3) is 0.552. The van der Waals surface area contributed by atoms with Crippen LogP contribution in [0.4, 0.5) is 10.6 Å². The Kier molecular flexibility index (Phi) is 7.10. The number of aromatic nitrogens is 3. The standard InChI is InChI=1S/C29H38N6O3/c1-19(2)24-16-31-35-25(32-27-21-10-11-22(27)15-30-14-21)13-26(33-28(24)35)38-23-9-6-12-34(17-23)29(36)37-18-20-7-4-3-5-8-20/h3-5,7-8,13,16,19,21-23,27,30,32H,6,9-12,14-15,17-18H2,1-2H3/t21?,22?,23-,27?/m1/s1. The number of ether oxygens (including phenoxy) is 2. The van der Waals surface area contributed by atoms with Gasteiger partial charge in [0.1, 0.15) is 18.5 Å². The highest BCUT2D eigenvalue weighted by atomic mass is 16.6. The minimum absolute atomic E-state index is 0.142. The van der Waals surface area contributed by atoms with E-state index in [1.807, 2.05) is 47.1 Å². The van der Waals surface area contributed by atoms with Crippen molar-refractivity contribution in [1.82, 2.24) is 24.8 Å². The number of rotatable bonds is 7. The Morgan fingerprint density at radius 3 is 2.71 bits per heavy atom. The van der Waals surface area contributed by atoms with E-state index in [1.165, 1.54) is 12.8 Å². The average molecular weight is 519 g/mol. The van der Waals surface area contributed by atoms with E-state index in [2.05, 4.69) is 24.5 Å². The second-order valence-electron chi connectivity index (χ2n) is 11.3. The Hall–Kier alpha value is -3.33. The second-order valence-corrected chi connectivity index (χ2v) is 11.3. The Labute approximate surface area is 223 Å². The van der Waals surface area contributed by atoms with Gasteiger partial charge in [0.25, 0.3) is 0 Å². The maximum Gasteiger partial charge on any atom is 0.410 e. The molecule has 38 heavy (non-hydrogen) atoms. The third-order valence-electron chi connectivity index (χ3n) is 8.28. The number of anilines is 1. The SMILES string of the molecule is CC(C)c1cnn2c(NC3C4CCC3CNC4)cc(O[C@@H]3CCCN(C(=O)OCc4ccccc4)C3)nc12. The van der Waals surface area contributed by atoms with Crippen LogP contribution in [0.1, 0.15) is 56.6 Å². The van der Waals surface area contributed by atoms with Gasteiger partial charge in [-0.3, -0.25) is 0 Å². The summed E-state index contributed by atoms with van der Waals surface area (Å²) in [5.74, 6) is 3.04. The summed E-state index contributed by atoms with van der Waals surface area (Å²) in [6.07, 6.45) is 5.71. The van der Waals surface area contributed by atoms with E-state index in [0.717, 1.165) is 48.5 Å². The van der Waals surface area contributed by atoms with Gasteiger partial charge in [-0.2, -0.15) is 14.6 Å². The van der Waals surface area contributed by atoms with Gasteiger partial charge in [-0.15, -0.1) is 0 Å². The molecule has 0 spiro atoms. The molecule has 3 atom stereocenters. The van der Waals surface area contributed by atoms with E-state index >= 15 is 0 Å². The molecule has 2 aromatic heterocycles. The highest BCUT2D eigenvalue weighted by molar-refractivity contribution is 5.67. The van der Waals surface area contributed by atoms with Crippen LogP contribution in [-0.4, -0.2) is 63.9 Å². The molecule has 1 aliphatic carbocycles. The van der Waals surface area contributed by atoms with Crippen LogP contribution >= 0.6 is 0 Å². The number of carbonyl (C=O) groups excluding carboxylic acids is 1. The molecule has 3 fully saturated rings. The number of benzene rings is 1. The lowest BCUT2D eigenvalue weighted by molar-refractivity contribution is 0.0537. The summed E-state index contributed by atoms with van der Waals surface area (Å²) >= 11 is 0. The van der Waals surface area contributed by atoms with Gasteiger partial charge < -0.3 is 25.0 Å². The van der Waals surface area contributed by atoms with Crippen molar-refractivity contribution in [3.05, 3.63) is 53.7 Å². The monoisotopic (exact) mass is 518 g/mol. The first-order valence-corrected chi connectivity index (χ1v) is 14.0. The van der Waals surface area contributed by atoms with Crippen LogP contribution in [0, 0.1) is 11.8 Å². The third kappa shape index (κ3) is 5.16. The molecule has 202 valence electrons. The second kappa shape index (κ2) is 10.8. The quantitative estimate of drug-likeness (QED) is 0.478. The highest BCUT2D eigenvalue weighted by Gasteiger charge is 2.39. The number of hydrogen-bond donors (Lipinski definition) is 2. The number of amides is 1. The molecule has 2 N–H and O–H groups in total. The molecule has 2 aliphatic heterocycles. The van der Waals surface area contributed by atoms with Gasteiger partial charge in [-0.25, -0.2) is 4.79 Å². The van der Waals surface area contributed by atoms with Crippen molar-refractivity contribution < 1.29 is 14.3 Å². The summed E-state index contributed by atoms with van der Waals surface area (Å²) in [5.41, 5.74) is 2.91. The molecule has 1 aromatic carbocycles. The summed E-state index contributed by atoms with van der Waals surface area (Å²) in [7, 11) is 0. The van der Waals surface area contributed by atoms with Crippen molar-refractivity contribution in [3.63, 3.8) is 0 Å². The number of hydrogen-bond acceptors (Lipinski definition) is 7. The summed E-state index contributed by atoms with van der Waals surface area (Å²) in [5, 5.41) is 12.1. The predicted octanol–water partition coefficient (Wildman–Crippen LogP) is 4.44. The van der Waals surface area contributed by atoms with E-state index < -0.39 is 0 Å². The zero-order chi connectivity index (χ0) is 26.1. The topological polar surface area (TPSA) is 93.0 Å². The molecule has 6 rings (SSSR count). The minimum atomic E-state index is -0.299. The molecule has 1 amide bonds. The summed E-state index contributed by atoms with van der Waals surface area (Å²) in [6, 6.07) is 12.2. The van der Waals surface area contributed by atoms with Gasteiger partial charge in [-0.1, -0.05) is 44.2 Å². The molecule has 2 saturated heterocycles.